The van der Waals surface area contributed by atoms with Crippen molar-refractivity contribution in [1.82, 2.24) is 9.88 Å². The molecule has 0 saturated carbocycles. The van der Waals surface area contributed by atoms with Crippen LogP contribution in [-0.4, -0.2) is 33.8 Å². The van der Waals surface area contributed by atoms with Gasteiger partial charge in [0, 0.05) is 24.5 Å². The maximum atomic E-state index is 13.3. The standard InChI is InChI=1S/C32H28N2O5/c1-21-5-3-6-22(17-21)20-39-27-14-10-25(11-15-27)30(35)28-29(24-8-12-26(38-2)13-9-24)34(32(37)31(28)36)19-23-7-4-16-33-18-23/h3-18,29,35H,19-20H2,1-2H3/t29-/m1/s1. The molecule has 1 aliphatic rings. The molecule has 5 rings (SSSR count). The van der Waals surface area contributed by atoms with Gasteiger partial charge in [-0.1, -0.05) is 48.0 Å². The Bertz CT molecular complexity index is 1510. The Morgan fingerprint density at radius 1 is 0.923 bits per heavy atom. The van der Waals surface area contributed by atoms with Gasteiger partial charge < -0.3 is 19.5 Å². The summed E-state index contributed by atoms with van der Waals surface area (Å²) in [6.07, 6.45) is 3.30. The van der Waals surface area contributed by atoms with Gasteiger partial charge in [-0.15, -0.1) is 0 Å². The normalized spacial score (nSPS) is 16.4. The summed E-state index contributed by atoms with van der Waals surface area (Å²) >= 11 is 0. The van der Waals surface area contributed by atoms with Gasteiger partial charge >= 0.3 is 0 Å². The van der Waals surface area contributed by atoms with Gasteiger partial charge in [-0.25, -0.2) is 0 Å². The van der Waals surface area contributed by atoms with E-state index in [0.717, 1.165) is 16.7 Å². The third-order valence-electron chi connectivity index (χ3n) is 6.66. The second-order valence-corrected chi connectivity index (χ2v) is 9.36. The summed E-state index contributed by atoms with van der Waals surface area (Å²) in [5.41, 5.74) is 4.10. The zero-order valence-corrected chi connectivity index (χ0v) is 21.7. The predicted octanol–water partition coefficient (Wildman–Crippen LogP) is 5.60. The van der Waals surface area contributed by atoms with Crippen molar-refractivity contribution in [3.8, 4) is 11.5 Å². The number of hydrogen-bond acceptors (Lipinski definition) is 6. The highest BCUT2D eigenvalue weighted by Gasteiger charge is 2.46. The minimum absolute atomic E-state index is 0.0301. The van der Waals surface area contributed by atoms with Crippen molar-refractivity contribution in [2.45, 2.75) is 26.1 Å². The number of amides is 1. The minimum atomic E-state index is -0.784. The number of nitrogens with zero attached hydrogens (tertiary/aromatic N) is 2. The molecule has 4 aromatic rings. The Balaban J connectivity index is 1.47. The van der Waals surface area contributed by atoms with Crippen LogP contribution in [0.5, 0.6) is 11.5 Å². The SMILES string of the molecule is COc1ccc([C@@H]2C(=C(O)c3ccc(OCc4cccc(C)c4)cc3)C(=O)C(=O)N2Cc2cccnc2)cc1. The van der Waals surface area contributed by atoms with E-state index in [1.54, 1.807) is 74.1 Å². The highest BCUT2D eigenvalue weighted by molar-refractivity contribution is 6.46. The van der Waals surface area contributed by atoms with Crippen molar-refractivity contribution in [1.29, 1.82) is 0 Å². The zero-order valence-electron chi connectivity index (χ0n) is 21.7. The highest BCUT2D eigenvalue weighted by atomic mass is 16.5. The molecule has 1 atom stereocenters. The lowest BCUT2D eigenvalue weighted by molar-refractivity contribution is -0.140. The van der Waals surface area contributed by atoms with Crippen LogP contribution in [0.2, 0.25) is 0 Å². The molecule has 7 heteroatoms. The number of rotatable bonds is 8. The van der Waals surface area contributed by atoms with Gasteiger partial charge in [0.05, 0.1) is 18.7 Å². The summed E-state index contributed by atoms with van der Waals surface area (Å²) in [5.74, 6) is -0.398. The van der Waals surface area contributed by atoms with Gasteiger partial charge in [0.15, 0.2) is 0 Å². The van der Waals surface area contributed by atoms with Gasteiger partial charge in [0.1, 0.15) is 23.9 Å². The molecule has 0 aliphatic carbocycles. The van der Waals surface area contributed by atoms with E-state index in [1.165, 1.54) is 4.90 Å². The summed E-state index contributed by atoms with van der Waals surface area (Å²) in [6.45, 7) is 2.60. The van der Waals surface area contributed by atoms with Crippen molar-refractivity contribution in [2.24, 2.45) is 0 Å². The summed E-state index contributed by atoms with van der Waals surface area (Å²) in [6, 6.07) is 24.8. The molecule has 1 aliphatic heterocycles. The lowest BCUT2D eigenvalue weighted by atomic mass is 9.95. The van der Waals surface area contributed by atoms with E-state index in [4.69, 9.17) is 9.47 Å². The van der Waals surface area contributed by atoms with E-state index in [1.807, 2.05) is 31.2 Å². The van der Waals surface area contributed by atoms with Crippen LogP contribution >= 0.6 is 0 Å². The van der Waals surface area contributed by atoms with Crippen LogP contribution in [0.4, 0.5) is 0 Å². The maximum absolute atomic E-state index is 13.3. The molecule has 1 amide bonds. The number of methoxy groups -OCH3 is 1. The summed E-state index contributed by atoms with van der Waals surface area (Å²) in [4.78, 5) is 32.1. The Hall–Kier alpha value is -4.91. The van der Waals surface area contributed by atoms with Crippen LogP contribution in [0.25, 0.3) is 5.76 Å². The molecule has 2 heterocycles. The van der Waals surface area contributed by atoms with Crippen molar-refractivity contribution >= 4 is 17.4 Å². The Kier molecular flexibility index (Phi) is 7.41. The van der Waals surface area contributed by atoms with Crippen molar-refractivity contribution < 1.29 is 24.2 Å². The number of benzene rings is 3. The monoisotopic (exact) mass is 520 g/mol. The first-order chi connectivity index (χ1) is 18.9. The topological polar surface area (TPSA) is 89.0 Å². The van der Waals surface area contributed by atoms with Gasteiger partial charge in [0.25, 0.3) is 11.7 Å². The van der Waals surface area contributed by atoms with Crippen molar-refractivity contribution in [3.05, 3.63) is 131 Å². The van der Waals surface area contributed by atoms with E-state index in [2.05, 4.69) is 11.1 Å². The lowest BCUT2D eigenvalue weighted by Crippen LogP contribution is -2.29. The Morgan fingerprint density at radius 3 is 2.31 bits per heavy atom. The van der Waals surface area contributed by atoms with Gasteiger partial charge in [-0.2, -0.15) is 0 Å². The smallest absolute Gasteiger partial charge is 0.295 e. The van der Waals surface area contributed by atoms with E-state index in [9.17, 15) is 14.7 Å². The van der Waals surface area contributed by atoms with E-state index >= 15 is 0 Å². The van der Waals surface area contributed by atoms with E-state index < -0.39 is 17.7 Å². The molecular formula is C32H28N2O5. The number of hydrogen-bond donors (Lipinski definition) is 1. The number of aliphatic hydroxyl groups excluding tert-OH is 1. The summed E-state index contributed by atoms with van der Waals surface area (Å²) in [7, 11) is 1.57. The molecule has 7 nitrogen and oxygen atoms in total. The molecule has 0 unspecified atom stereocenters. The number of carbonyl (C=O) groups excluding carboxylic acids is 2. The fourth-order valence-electron chi connectivity index (χ4n) is 4.70. The van der Waals surface area contributed by atoms with Crippen molar-refractivity contribution in [2.75, 3.05) is 7.11 Å². The Labute approximate surface area is 227 Å². The lowest BCUT2D eigenvalue weighted by Gasteiger charge is -2.25. The largest absolute Gasteiger partial charge is 0.507 e. The second kappa shape index (κ2) is 11.2. The molecule has 3 aromatic carbocycles. The number of Topliss-reactive ketones (excluding diaryl/α,β-unsaturated/α-hetero) is 1. The first kappa shape index (κ1) is 25.7. The second-order valence-electron chi connectivity index (χ2n) is 9.36. The molecule has 1 N–H and O–H groups in total. The van der Waals surface area contributed by atoms with Crippen LogP contribution in [0, 0.1) is 6.92 Å². The summed E-state index contributed by atoms with van der Waals surface area (Å²) in [5, 5.41) is 11.4. The molecule has 0 spiro atoms. The molecule has 1 saturated heterocycles. The number of aryl methyl sites for hydroxylation is 1. The number of carbonyl (C=O) groups is 2. The van der Waals surface area contributed by atoms with Crippen molar-refractivity contribution in [3.63, 3.8) is 0 Å². The van der Waals surface area contributed by atoms with Crippen LogP contribution in [0.1, 0.15) is 33.9 Å². The van der Waals surface area contributed by atoms with Gasteiger partial charge in [-0.3, -0.25) is 14.6 Å². The number of ether oxygens (including phenoxy) is 2. The van der Waals surface area contributed by atoms with Gasteiger partial charge in [0.2, 0.25) is 0 Å². The predicted molar refractivity (Wildman–Crippen MR) is 147 cm³/mol. The molecule has 196 valence electrons. The molecule has 1 aromatic heterocycles. The molecule has 1 fully saturated rings. The van der Waals surface area contributed by atoms with Crippen LogP contribution in [-0.2, 0) is 22.7 Å². The van der Waals surface area contributed by atoms with Crippen LogP contribution < -0.4 is 9.47 Å². The van der Waals surface area contributed by atoms with Crippen LogP contribution in [0.3, 0.4) is 0 Å². The number of likely N-dealkylation sites (tertiary alicyclic amines) is 1. The first-order valence-electron chi connectivity index (χ1n) is 12.5. The third kappa shape index (κ3) is 5.52. The first-order valence-corrected chi connectivity index (χ1v) is 12.5. The van der Waals surface area contributed by atoms with E-state index in [-0.39, 0.29) is 17.9 Å². The number of pyridine rings is 1. The fraction of sp³-hybridized carbons (Fsp3) is 0.156. The quantitative estimate of drug-likeness (QED) is 0.185. The van der Waals surface area contributed by atoms with Gasteiger partial charge in [-0.05, 0) is 66.1 Å². The average molecular weight is 521 g/mol. The summed E-state index contributed by atoms with van der Waals surface area (Å²) < 4.78 is 11.2. The molecule has 0 radical (unpaired) electrons. The Morgan fingerprint density at radius 2 is 1.64 bits per heavy atom. The maximum Gasteiger partial charge on any atom is 0.295 e. The number of aliphatic hydroxyl groups is 1. The molecular weight excluding hydrogens is 492 g/mol. The third-order valence-corrected chi connectivity index (χ3v) is 6.66. The number of ketones is 1. The number of aromatic nitrogens is 1. The van der Waals surface area contributed by atoms with E-state index in [0.29, 0.717) is 29.2 Å². The zero-order chi connectivity index (χ0) is 27.4. The van der Waals surface area contributed by atoms with Crippen LogP contribution in [0.15, 0.2) is 103 Å². The average Bonchev–Trinajstić information content (AvgIpc) is 3.21. The minimum Gasteiger partial charge on any atom is -0.507 e. The molecule has 39 heavy (non-hydrogen) atoms. The fourth-order valence-corrected chi connectivity index (χ4v) is 4.70. The highest BCUT2D eigenvalue weighted by Crippen LogP contribution is 2.40. The molecule has 0 bridgehead atoms.